The SMILES string of the molecule is CCNC(=NCc1ccccn1)NC(C)c1ccccc1.I. The topological polar surface area (TPSA) is 49.3 Å². The van der Waals surface area contributed by atoms with Gasteiger partial charge in [-0.3, -0.25) is 4.98 Å². The Bertz CT molecular complexity index is 557. The van der Waals surface area contributed by atoms with E-state index in [9.17, 15) is 0 Å². The minimum Gasteiger partial charge on any atom is -0.357 e. The van der Waals surface area contributed by atoms with Crippen LogP contribution in [0.5, 0.6) is 0 Å². The van der Waals surface area contributed by atoms with Gasteiger partial charge in [-0.1, -0.05) is 36.4 Å². The average Bonchev–Trinajstić information content (AvgIpc) is 2.54. The maximum absolute atomic E-state index is 4.58. The van der Waals surface area contributed by atoms with Gasteiger partial charge in [-0.25, -0.2) is 4.99 Å². The lowest BCUT2D eigenvalue weighted by molar-refractivity contribution is 0.686. The lowest BCUT2D eigenvalue weighted by Crippen LogP contribution is -2.38. The van der Waals surface area contributed by atoms with Gasteiger partial charge in [0.25, 0.3) is 0 Å². The molecule has 0 saturated heterocycles. The smallest absolute Gasteiger partial charge is 0.192 e. The van der Waals surface area contributed by atoms with E-state index in [1.165, 1.54) is 5.56 Å². The fourth-order valence-electron chi connectivity index (χ4n) is 2.00. The average molecular weight is 410 g/mol. The number of halogens is 1. The predicted molar refractivity (Wildman–Crippen MR) is 102 cm³/mol. The summed E-state index contributed by atoms with van der Waals surface area (Å²) < 4.78 is 0. The molecule has 4 nitrogen and oxygen atoms in total. The van der Waals surface area contributed by atoms with Crippen molar-refractivity contribution in [1.82, 2.24) is 15.6 Å². The Morgan fingerprint density at radius 3 is 2.50 bits per heavy atom. The molecule has 0 spiro atoms. The van der Waals surface area contributed by atoms with Crippen molar-refractivity contribution in [2.45, 2.75) is 26.4 Å². The number of hydrogen-bond acceptors (Lipinski definition) is 2. The number of aromatic nitrogens is 1. The van der Waals surface area contributed by atoms with Crippen LogP contribution in [-0.2, 0) is 6.54 Å². The summed E-state index contributed by atoms with van der Waals surface area (Å²) in [6, 6.07) is 16.4. The minimum atomic E-state index is 0. The molecule has 0 aliphatic carbocycles. The van der Waals surface area contributed by atoms with E-state index in [0.29, 0.717) is 6.54 Å². The first-order valence-corrected chi connectivity index (χ1v) is 7.29. The largest absolute Gasteiger partial charge is 0.357 e. The van der Waals surface area contributed by atoms with Gasteiger partial charge in [0, 0.05) is 12.7 Å². The number of hydrogen-bond donors (Lipinski definition) is 2. The van der Waals surface area contributed by atoms with Crippen molar-refractivity contribution in [3.05, 3.63) is 66.0 Å². The molecule has 1 aromatic heterocycles. The molecule has 2 rings (SSSR count). The first-order valence-electron chi connectivity index (χ1n) is 7.29. The van der Waals surface area contributed by atoms with Crippen molar-refractivity contribution in [2.75, 3.05) is 6.54 Å². The molecule has 1 atom stereocenters. The number of rotatable bonds is 5. The molecule has 0 bridgehead atoms. The number of benzene rings is 1. The van der Waals surface area contributed by atoms with E-state index in [2.05, 4.69) is 46.6 Å². The zero-order valence-corrected chi connectivity index (χ0v) is 15.3. The number of pyridine rings is 1. The van der Waals surface area contributed by atoms with Crippen LogP contribution < -0.4 is 10.6 Å². The Hall–Kier alpha value is -1.63. The lowest BCUT2D eigenvalue weighted by Gasteiger charge is -2.18. The standard InChI is InChI=1S/C17H22N4.HI/c1-3-18-17(20-13-16-11-7-8-12-19-16)21-14(2)15-9-5-4-6-10-15;/h4-12,14H,3,13H2,1-2H3,(H2,18,20,21);1H. The van der Waals surface area contributed by atoms with E-state index in [0.717, 1.165) is 18.2 Å². The van der Waals surface area contributed by atoms with Crippen molar-refractivity contribution in [2.24, 2.45) is 4.99 Å². The molecule has 22 heavy (non-hydrogen) atoms. The molecular weight excluding hydrogens is 387 g/mol. The predicted octanol–water partition coefficient (Wildman–Crippen LogP) is 3.52. The van der Waals surface area contributed by atoms with E-state index in [1.807, 2.05) is 36.4 Å². The van der Waals surface area contributed by atoms with Crippen LogP contribution in [0.25, 0.3) is 0 Å². The molecule has 1 aromatic carbocycles. The van der Waals surface area contributed by atoms with Crippen molar-refractivity contribution < 1.29 is 0 Å². The van der Waals surface area contributed by atoms with Gasteiger partial charge >= 0.3 is 0 Å². The Morgan fingerprint density at radius 1 is 1.14 bits per heavy atom. The normalized spacial score (nSPS) is 12.2. The first kappa shape index (κ1) is 18.4. The second kappa shape index (κ2) is 10.2. The van der Waals surface area contributed by atoms with Crippen molar-refractivity contribution in [3.63, 3.8) is 0 Å². The van der Waals surface area contributed by atoms with Crippen LogP contribution >= 0.6 is 24.0 Å². The van der Waals surface area contributed by atoms with E-state index in [1.54, 1.807) is 6.20 Å². The number of guanidine groups is 1. The monoisotopic (exact) mass is 410 g/mol. The highest BCUT2D eigenvalue weighted by Gasteiger charge is 2.06. The number of nitrogens with zero attached hydrogens (tertiary/aromatic N) is 2. The van der Waals surface area contributed by atoms with Gasteiger partial charge in [-0.05, 0) is 31.5 Å². The molecule has 118 valence electrons. The lowest BCUT2D eigenvalue weighted by atomic mass is 10.1. The van der Waals surface area contributed by atoms with Gasteiger partial charge in [0.2, 0.25) is 0 Å². The summed E-state index contributed by atoms with van der Waals surface area (Å²) >= 11 is 0. The van der Waals surface area contributed by atoms with Crippen LogP contribution in [0.4, 0.5) is 0 Å². The Labute approximate surface area is 149 Å². The summed E-state index contributed by atoms with van der Waals surface area (Å²) in [5.74, 6) is 0.805. The molecule has 0 amide bonds. The fourth-order valence-corrected chi connectivity index (χ4v) is 2.00. The molecule has 0 fully saturated rings. The van der Waals surface area contributed by atoms with Crippen LogP contribution in [0, 0.1) is 0 Å². The third-order valence-corrected chi connectivity index (χ3v) is 3.12. The van der Waals surface area contributed by atoms with Gasteiger partial charge in [-0.2, -0.15) is 0 Å². The molecule has 0 aliphatic heterocycles. The summed E-state index contributed by atoms with van der Waals surface area (Å²) in [6.45, 7) is 5.58. The van der Waals surface area contributed by atoms with Gasteiger partial charge in [0.15, 0.2) is 5.96 Å². The number of aliphatic imine (C=N–C) groups is 1. The molecular formula is C17H23IN4. The molecule has 2 aromatic rings. The van der Waals surface area contributed by atoms with Crippen LogP contribution in [0.15, 0.2) is 59.7 Å². The van der Waals surface area contributed by atoms with Gasteiger partial charge < -0.3 is 10.6 Å². The van der Waals surface area contributed by atoms with Crippen LogP contribution in [-0.4, -0.2) is 17.5 Å². The molecule has 1 heterocycles. The van der Waals surface area contributed by atoms with Gasteiger partial charge in [-0.15, -0.1) is 24.0 Å². The first-order chi connectivity index (χ1) is 10.3. The molecule has 1 unspecified atom stereocenters. The zero-order valence-electron chi connectivity index (χ0n) is 13.0. The third kappa shape index (κ3) is 6.01. The zero-order chi connectivity index (χ0) is 14.9. The van der Waals surface area contributed by atoms with E-state index < -0.39 is 0 Å². The molecule has 2 N–H and O–H groups in total. The highest BCUT2D eigenvalue weighted by Crippen LogP contribution is 2.10. The highest BCUT2D eigenvalue weighted by molar-refractivity contribution is 14.0. The van der Waals surface area contributed by atoms with Gasteiger partial charge in [0.1, 0.15) is 0 Å². The van der Waals surface area contributed by atoms with E-state index in [4.69, 9.17) is 0 Å². The fraction of sp³-hybridized carbons (Fsp3) is 0.294. The van der Waals surface area contributed by atoms with E-state index in [-0.39, 0.29) is 30.0 Å². The highest BCUT2D eigenvalue weighted by atomic mass is 127. The second-order valence-electron chi connectivity index (χ2n) is 4.79. The molecule has 5 heteroatoms. The number of nitrogens with one attached hydrogen (secondary N) is 2. The Kier molecular flexibility index (Phi) is 8.50. The van der Waals surface area contributed by atoms with Crippen molar-refractivity contribution in [1.29, 1.82) is 0 Å². The van der Waals surface area contributed by atoms with Crippen LogP contribution in [0.3, 0.4) is 0 Å². The quantitative estimate of drug-likeness (QED) is 0.451. The van der Waals surface area contributed by atoms with Crippen LogP contribution in [0.1, 0.15) is 31.1 Å². The van der Waals surface area contributed by atoms with Crippen LogP contribution in [0.2, 0.25) is 0 Å². The summed E-state index contributed by atoms with van der Waals surface area (Å²) in [6.07, 6.45) is 1.79. The summed E-state index contributed by atoms with van der Waals surface area (Å²) in [5, 5.41) is 6.68. The van der Waals surface area contributed by atoms with Crippen molar-refractivity contribution in [3.8, 4) is 0 Å². The summed E-state index contributed by atoms with van der Waals surface area (Å²) in [5.41, 5.74) is 2.20. The third-order valence-electron chi connectivity index (χ3n) is 3.12. The maximum atomic E-state index is 4.58. The molecule has 0 saturated carbocycles. The van der Waals surface area contributed by atoms with Gasteiger partial charge in [0.05, 0.1) is 18.3 Å². The van der Waals surface area contributed by atoms with Crippen molar-refractivity contribution >= 4 is 29.9 Å². The maximum Gasteiger partial charge on any atom is 0.192 e. The second-order valence-corrected chi connectivity index (χ2v) is 4.79. The molecule has 0 aliphatic rings. The summed E-state index contributed by atoms with van der Waals surface area (Å²) in [7, 11) is 0. The Morgan fingerprint density at radius 2 is 1.86 bits per heavy atom. The molecule has 0 radical (unpaired) electrons. The minimum absolute atomic E-state index is 0. The van der Waals surface area contributed by atoms with E-state index >= 15 is 0 Å². The summed E-state index contributed by atoms with van der Waals surface area (Å²) in [4.78, 5) is 8.87. The Balaban J connectivity index is 0.00000242.